The van der Waals surface area contributed by atoms with E-state index in [1.807, 2.05) is 26.0 Å². The molecule has 106 valence electrons. The number of rotatable bonds is 4. The number of amides is 1. The number of carbonyl (C=O) groups is 1. The molecule has 1 aromatic carbocycles. The molecule has 2 N–H and O–H groups in total. The summed E-state index contributed by atoms with van der Waals surface area (Å²) in [5, 5.41) is 0.828. The SMILES string of the molecule is CC(C)N(C)C(=O)COc1ccc(N)c2cccnc12. The van der Waals surface area contributed by atoms with Crippen molar-refractivity contribution in [3.05, 3.63) is 30.5 Å². The van der Waals surface area contributed by atoms with Crippen molar-refractivity contribution in [2.75, 3.05) is 19.4 Å². The highest BCUT2D eigenvalue weighted by Crippen LogP contribution is 2.27. The van der Waals surface area contributed by atoms with Gasteiger partial charge in [-0.2, -0.15) is 0 Å². The van der Waals surface area contributed by atoms with Crippen LogP contribution in [0.5, 0.6) is 5.75 Å². The van der Waals surface area contributed by atoms with E-state index >= 15 is 0 Å². The van der Waals surface area contributed by atoms with Crippen LogP contribution < -0.4 is 10.5 Å². The number of nitrogen functional groups attached to an aromatic ring is 1. The molecule has 0 atom stereocenters. The fourth-order valence-corrected chi connectivity index (χ4v) is 1.81. The minimum Gasteiger partial charge on any atom is -0.481 e. The number of nitrogens with zero attached hydrogens (tertiary/aromatic N) is 2. The number of hydrogen-bond acceptors (Lipinski definition) is 4. The van der Waals surface area contributed by atoms with Crippen LogP contribution in [0.2, 0.25) is 0 Å². The maximum Gasteiger partial charge on any atom is 0.260 e. The standard InChI is InChI=1S/C15H19N3O2/c1-10(2)18(3)14(19)9-20-13-7-6-12(16)11-5-4-8-17-15(11)13/h4-8,10H,9,16H2,1-3H3. The average Bonchev–Trinajstić information content (AvgIpc) is 2.45. The molecule has 0 saturated heterocycles. The van der Waals surface area contributed by atoms with Crippen molar-refractivity contribution in [3.63, 3.8) is 0 Å². The third kappa shape index (κ3) is 2.82. The second-order valence-electron chi connectivity index (χ2n) is 4.94. The van der Waals surface area contributed by atoms with Gasteiger partial charge in [-0.15, -0.1) is 0 Å². The van der Waals surface area contributed by atoms with Crippen molar-refractivity contribution < 1.29 is 9.53 Å². The van der Waals surface area contributed by atoms with Crippen molar-refractivity contribution in [1.29, 1.82) is 0 Å². The molecule has 0 aliphatic heterocycles. The lowest BCUT2D eigenvalue weighted by Gasteiger charge is -2.21. The summed E-state index contributed by atoms with van der Waals surface area (Å²) in [5.41, 5.74) is 7.22. The van der Waals surface area contributed by atoms with E-state index in [-0.39, 0.29) is 18.6 Å². The van der Waals surface area contributed by atoms with Gasteiger partial charge < -0.3 is 15.4 Å². The Bertz CT molecular complexity index is 626. The number of anilines is 1. The van der Waals surface area contributed by atoms with Crippen LogP contribution in [0.4, 0.5) is 5.69 Å². The van der Waals surface area contributed by atoms with Crippen LogP contribution >= 0.6 is 0 Å². The molecule has 0 aliphatic carbocycles. The third-order valence-electron chi connectivity index (χ3n) is 3.29. The highest BCUT2D eigenvalue weighted by atomic mass is 16.5. The monoisotopic (exact) mass is 273 g/mol. The smallest absolute Gasteiger partial charge is 0.260 e. The van der Waals surface area contributed by atoms with Crippen molar-refractivity contribution in [1.82, 2.24) is 9.88 Å². The van der Waals surface area contributed by atoms with E-state index in [9.17, 15) is 4.79 Å². The predicted octanol–water partition coefficient (Wildman–Crippen LogP) is 2.06. The summed E-state index contributed by atoms with van der Waals surface area (Å²) < 4.78 is 5.60. The molecule has 5 nitrogen and oxygen atoms in total. The highest BCUT2D eigenvalue weighted by molar-refractivity contribution is 5.94. The minimum atomic E-state index is -0.0686. The summed E-state index contributed by atoms with van der Waals surface area (Å²) >= 11 is 0. The van der Waals surface area contributed by atoms with Gasteiger partial charge in [-0.1, -0.05) is 0 Å². The molecule has 0 radical (unpaired) electrons. The second kappa shape index (κ2) is 5.77. The molecule has 0 unspecified atom stereocenters. The van der Waals surface area contributed by atoms with Gasteiger partial charge in [-0.05, 0) is 38.1 Å². The number of benzene rings is 1. The van der Waals surface area contributed by atoms with E-state index in [0.717, 1.165) is 5.39 Å². The Hall–Kier alpha value is -2.30. The van der Waals surface area contributed by atoms with Crippen molar-refractivity contribution in [3.8, 4) is 5.75 Å². The molecule has 1 aromatic heterocycles. The molecule has 0 fully saturated rings. The van der Waals surface area contributed by atoms with Gasteiger partial charge in [0.1, 0.15) is 11.3 Å². The number of nitrogens with two attached hydrogens (primary N) is 1. The molecule has 2 rings (SSSR count). The van der Waals surface area contributed by atoms with E-state index in [1.54, 1.807) is 30.3 Å². The quantitative estimate of drug-likeness (QED) is 0.866. The van der Waals surface area contributed by atoms with Crippen LogP contribution in [0.1, 0.15) is 13.8 Å². The van der Waals surface area contributed by atoms with E-state index < -0.39 is 0 Å². The Kier molecular flexibility index (Phi) is 4.08. The van der Waals surface area contributed by atoms with Crippen LogP contribution in [0.25, 0.3) is 10.9 Å². The largest absolute Gasteiger partial charge is 0.481 e. The average molecular weight is 273 g/mol. The van der Waals surface area contributed by atoms with Gasteiger partial charge in [-0.3, -0.25) is 9.78 Å². The van der Waals surface area contributed by atoms with Gasteiger partial charge in [0.05, 0.1) is 0 Å². The zero-order valence-electron chi connectivity index (χ0n) is 12.0. The molecule has 0 aliphatic rings. The Morgan fingerprint density at radius 1 is 1.40 bits per heavy atom. The summed E-state index contributed by atoms with van der Waals surface area (Å²) in [4.78, 5) is 17.8. The fourth-order valence-electron chi connectivity index (χ4n) is 1.81. The highest BCUT2D eigenvalue weighted by Gasteiger charge is 2.14. The molecule has 2 aromatic rings. The summed E-state index contributed by atoms with van der Waals surface area (Å²) in [5.74, 6) is 0.501. The normalized spacial score (nSPS) is 10.8. The first-order valence-corrected chi connectivity index (χ1v) is 6.52. The maximum absolute atomic E-state index is 11.9. The fraction of sp³-hybridized carbons (Fsp3) is 0.333. The Morgan fingerprint density at radius 3 is 2.85 bits per heavy atom. The summed E-state index contributed by atoms with van der Waals surface area (Å²) in [6.45, 7) is 3.90. The topological polar surface area (TPSA) is 68.5 Å². The number of likely N-dealkylation sites (N-methyl/N-ethyl adjacent to an activating group) is 1. The Balaban J connectivity index is 2.19. The molecule has 5 heteroatoms. The van der Waals surface area contributed by atoms with E-state index in [4.69, 9.17) is 10.5 Å². The lowest BCUT2D eigenvalue weighted by Crippen LogP contribution is -2.36. The summed E-state index contributed by atoms with van der Waals surface area (Å²) in [7, 11) is 1.76. The number of pyridine rings is 1. The van der Waals surface area contributed by atoms with Crippen molar-refractivity contribution in [2.24, 2.45) is 0 Å². The van der Waals surface area contributed by atoms with Crippen LogP contribution in [-0.2, 0) is 4.79 Å². The number of ether oxygens (including phenoxy) is 1. The zero-order chi connectivity index (χ0) is 14.7. The Morgan fingerprint density at radius 2 is 2.15 bits per heavy atom. The van der Waals surface area contributed by atoms with Crippen LogP contribution in [-0.4, -0.2) is 35.5 Å². The lowest BCUT2D eigenvalue weighted by atomic mass is 10.2. The van der Waals surface area contributed by atoms with Crippen molar-refractivity contribution >= 4 is 22.5 Å². The number of carbonyl (C=O) groups excluding carboxylic acids is 1. The molecular formula is C15H19N3O2. The summed E-state index contributed by atoms with van der Waals surface area (Å²) in [6, 6.07) is 7.35. The van der Waals surface area contributed by atoms with E-state index in [1.165, 1.54) is 0 Å². The first-order valence-electron chi connectivity index (χ1n) is 6.52. The van der Waals surface area contributed by atoms with Crippen molar-refractivity contribution in [2.45, 2.75) is 19.9 Å². The van der Waals surface area contributed by atoms with Gasteiger partial charge in [0, 0.05) is 30.4 Å². The lowest BCUT2D eigenvalue weighted by molar-refractivity contribution is -0.133. The molecular weight excluding hydrogens is 254 g/mol. The van der Waals surface area contributed by atoms with Gasteiger partial charge in [0.25, 0.3) is 5.91 Å². The molecule has 20 heavy (non-hydrogen) atoms. The first kappa shape index (κ1) is 14.1. The van der Waals surface area contributed by atoms with E-state index in [2.05, 4.69) is 4.98 Å². The van der Waals surface area contributed by atoms with Gasteiger partial charge in [-0.25, -0.2) is 0 Å². The van der Waals surface area contributed by atoms with Crippen LogP contribution in [0, 0.1) is 0 Å². The maximum atomic E-state index is 11.9. The molecule has 0 bridgehead atoms. The number of fused-ring (bicyclic) bond motifs is 1. The Labute approximate surface area is 118 Å². The molecule has 0 spiro atoms. The molecule has 0 saturated carbocycles. The number of hydrogen-bond donors (Lipinski definition) is 1. The zero-order valence-corrected chi connectivity index (χ0v) is 12.0. The van der Waals surface area contributed by atoms with Gasteiger partial charge in [0.15, 0.2) is 6.61 Å². The van der Waals surface area contributed by atoms with Gasteiger partial charge in [0.2, 0.25) is 0 Å². The van der Waals surface area contributed by atoms with Crippen LogP contribution in [0.3, 0.4) is 0 Å². The second-order valence-corrected chi connectivity index (χ2v) is 4.94. The van der Waals surface area contributed by atoms with Crippen LogP contribution in [0.15, 0.2) is 30.5 Å². The third-order valence-corrected chi connectivity index (χ3v) is 3.29. The molecule has 1 amide bonds. The first-order chi connectivity index (χ1) is 9.50. The molecule has 1 heterocycles. The van der Waals surface area contributed by atoms with Gasteiger partial charge >= 0.3 is 0 Å². The van der Waals surface area contributed by atoms with E-state index in [0.29, 0.717) is 17.0 Å². The predicted molar refractivity (Wildman–Crippen MR) is 79.6 cm³/mol. The summed E-state index contributed by atoms with van der Waals surface area (Å²) in [6.07, 6.45) is 1.68. The minimum absolute atomic E-state index is 0.00965. The number of aromatic nitrogens is 1.